The molecule has 0 spiro atoms. The van der Waals surface area contributed by atoms with Crippen molar-refractivity contribution < 1.29 is 4.79 Å². The molecule has 0 aliphatic carbocycles. The number of nitrogens with one attached hydrogen (secondary N) is 2. The number of aliphatic imine (C=N–C) groups is 1. The molecule has 1 aliphatic heterocycles. The number of anilines is 1. The van der Waals surface area contributed by atoms with E-state index >= 15 is 0 Å². The molecule has 30 heavy (non-hydrogen) atoms. The molecule has 0 radical (unpaired) electrons. The van der Waals surface area contributed by atoms with Gasteiger partial charge < -0.3 is 21.3 Å². The fourth-order valence-corrected chi connectivity index (χ4v) is 3.73. The van der Waals surface area contributed by atoms with Crippen molar-refractivity contribution >= 4 is 41.7 Å². The molecule has 0 bridgehead atoms. The lowest BCUT2D eigenvalue weighted by atomic mass is 9.97. The van der Waals surface area contributed by atoms with Crippen molar-refractivity contribution in [1.29, 1.82) is 0 Å². The summed E-state index contributed by atoms with van der Waals surface area (Å²) in [4.78, 5) is 23.2. The Morgan fingerprint density at radius 1 is 1.40 bits per heavy atom. The Morgan fingerprint density at radius 2 is 2.20 bits per heavy atom. The highest BCUT2D eigenvalue weighted by molar-refractivity contribution is 14.0. The van der Waals surface area contributed by atoms with E-state index in [2.05, 4.69) is 47.4 Å². The van der Waals surface area contributed by atoms with Crippen molar-refractivity contribution in [3.8, 4) is 0 Å². The second kappa shape index (κ2) is 14.4. The third kappa shape index (κ3) is 8.65. The lowest BCUT2D eigenvalue weighted by Gasteiger charge is -2.33. The van der Waals surface area contributed by atoms with E-state index in [4.69, 9.17) is 10.7 Å². The summed E-state index contributed by atoms with van der Waals surface area (Å²) in [7, 11) is 0. The number of carbonyl (C=O) groups excluding carboxylic acids is 1. The number of halogens is 1. The number of rotatable bonds is 10. The standard InChI is InChI=1S/C22H38N6O.HI/c1-4-6-7-10-17(3)27-22(24-5-2)26-15-18-11-8-13-25-21(18)28-14-9-12-19(16-28)20(23)29;/h8,11,13,17,19H,4-7,9-10,12,14-16H2,1-3H3,(H2,23,29)(H2,24,26,27);1H. The smallest absolute Gasteiger partial charge is 0.222 e. The first-order valence-electron chi connectivity index (χ1n) is 11.1. The third-order valence-electron chi connectivity index (χ3n) is 5.37. The van der Waals surface area contributed by atoms with E-state index in [0.717, 1.165) is 49.7 Å². The van der Waals surface area contributed by atoms with Crippen molar-refractivity contribution in [2.45, 2.75) is 71.9 Å². The number of guanidine groups is 1. The molecule has 2 atom stereocenters. The molecule has 1 aromatic heterocycles. The second-order valence-electron chi connectivity index (χ2n) is 7.91. The maximum Gasteiger partial charge on any atom is 0.222 e. The summed E-state index contributed by atoms with van der Waals surface area (Å²) < 4.78 is 0. The first-order valence-corrected chi connectivity index (χ1v) is 11.1. The van der Waals surface area contributed by atoms with Crippen LogP contribution in [0.1, 0.15) is 64.9 Å². The van der Waals surface area contributed by atoms with Crippen LogP contribution in [-0.2, 0) is 11.3 Å². The van der Waals surface area contributed by atoms with Crippen LogP contribution >= 0.6 is 24.0 Å². The molecule has 4 N–H and O–H groups in total. The number of unbranched alkanes of at least 4 members (excludes halogenated alkanes) is 2. The summed E-state index contributed by atoms with van der Waals surface area (Å²) in [6.07, 6.45) is 8.47. The second-order valence-corrected chi connectivity index (χ2v) is 7.91. The summed E-state index contributed by atoms with van der Waals surface area (Å²) >= 11 is 0. The predicted octanol–water partition coefficient (Wildman–Crippen LogP) is 3.43. The maximum atomic E-state index is 11.6. The zero-order chi connectivity index (χ0) is 21.1. The number of primary amides is 1. The Labute approximate surface area is 198 Å². The number of pyridine rings is 1. The van der Waals surface area contributed by atoms with Gasteiger partial charge in [0.25, 0.3) is 0 Å². The van der Waals surface area contributed by atoms with Crippen molar-refractivity contribution in [2.75, 3.05) is 24.5 Å². The Balaban J connectivity index is 0.00000450. The monoisotopic (exact) mass is 530 g/mol. The molecule has 0 aromatic carbocycles. The Morgan fingerprint density at radius 3 is 2.90 bits per heavy atom. The maximum absolute atomic E-state index is 11.6. The highest BCUT2D eigenvalue weighted by Crippen LogP contribution is 2.25. The van der Waals surface area contributed by atoms with Crippen LogP contribution in [0.4, 0.5) is 5.82 Å². The summed E-state index contributed by atoms with van der Waals surface area (Å²) in [5.74, 6) is 1.42. The Bertz CT molecular complexity index is 669. The molecule has 1 aromatic rings. The van der Waals surface area contributed by atoms with Crippen LogP contribution in [0.5, 0.6) is 0 Å². The van der Waals surface area contributed by atoms with E-state index in [1.807, 2.05) is 6.07 Å². The molecule has 1 amide bonds. The number of aromatic nitrogens is 1. The third-order valence-corrected chi connectivity index (χ3v) is 5.37. The van der Waals surface area contributed by atoms with E-state index in [1.165, 1.54) is 19.3 Å². The molecule has 7 nitrogen and oxygen atoms in total. The normalized spacial score (nSPS) is 17.8. The van der Waals surface area contributed by atoms with Gasteiger partial charge in [-0.3, -0.25) is 4.79 Å². The van der Waals surface area contributed by atoms with Crippen LogP contribution in [0.25, 0.3) is 0 Å². The van der Waals surface area contributed by atoms with Gasteiger partial charge in [-0.25, -0.2) is 9.98 Å². The molecule has 1 fully saturated rings. The van der Waals surface area contributed by atoms with Gasteiger partial charge in [0.2, 0.25) is 5.91 Å². The Kier molecular flexibility index (Phi) is 12.7. The van der Waals surface area contributed by atoms with E-state index in [1.54, 1.807) is 6.20 Å². The summed E-state index contributed by atoms with van der Waals surface area (Å²) in [6.45, 7) is 9.39. The van der Waals surface area contributed by atoms with Gasteiger partial charge in [0.1, 0.15) is 5.82 Å². The molecule has 2 unspecified atom stereocenters. The molecule has 1 aliphatic rings. The van der Waals surface area contributed by atoms with Gasteiger partial charge in [0, 0.05) is 37.4 Å². The van der Waals surface area contributed by atoms with E-state index in [-0.39, 0.29) is 35.8 Å². The first kappa shape index (κ1) is 26.5. The topological polar surface area (TPSA) is 95.6 Å². The summed E-state index contributed by atoms with van der Waals surface area (Å²) in [6, 6.07) is 4.39. The largest absolute Gasteiger partial charge is 0.369 e. The van der Waals surface area contributed by atoms with Crippen molar-refractivity contribution in [1.82, 2.24) is 15.6 Å². The molecular formula is C22H39IN6O. The van der Waals surface area contributed by atoms with Crippen molar-refractivity contribution in [3.63, 3.8) is 0 Å². The number of hydrogen-bond acceptors (Lipinski definition) is 4. The Hall–Kier alpha value is -1.58. The number of piperidine rings is 1. The number of amides is 1. The highest BCUT2D eigenvalue weighted by atomic mass is 127. The fourth-order valence-electron chi connectivity index (χ4n) is 3.73. The molecule has 2 heterocycles. The van der Waals surface area contributed by atoms with Gasteiger partial charge in [-0.1, -0.05) is 32.3 Å². The van der Waals surface area contributed by atoms with Gasteiger partial charge in [0.05, 0.1) is 12.5 Å². The zero-order valence-electron chi connectivity index (χ0n) is 18.7. The van der Waals surface area contributed by atoms with Crippen LogP contribution in [0.2, 0.25) is 0 Å². The molecule has 170 valence electrons. The van der Waals surface area contributed by atoms with Crippen LogP contribution < -0.4 is 21.3 Å². The van der Waals surface area contributed by atoms with Crippen LogP contribution in [-0.4, -0.2) is 42.5 Å². The van der Waals surface area contributed by atoms with Crippen molar-refractivity contribution in [3.05, 3.63) is 23.9 Å². The number of nitrogens with two attached hydrogens (primary N) is 1. The van der Waals surface area contributed by atoms with Gasteiger partial charge in [-0.2, -0.15) is 0 Å². The predicted molar refractivity (Wildman–Crippen MR) is 135 cm³/mol. The van der Waals surface area contributed by atoms with Gasteiger partial charge in [-0.05, 0) is 39.2 Å². The molecular weight excluding hydrogens is 491 g/mol. The number of carbonyl (C=O) groups is 1. The van der Waals surface area contributed by atoms with E-state index < -0.39 is 0 Å². The van der Waals surface area contributed by atoms with Gasteiger partial charge >= 0.3 is 0 Å². The number of hydrogen-bond donors (Lipinski definition) is 3. The molecule has 0 saturated carbocycles. The summed E-state index contributed by atoms with van der Waals surface area (Å²) in [5.41, 5.74) is 6.61. The minimum atomic E-state index is -0.221. The SMILES string of the molecule is CCCCCC(C)NC(=NCc1cccnc1N1CCCC(C(N)=O)C1)NCC.I. The minimum absolute atomic E-state index is 0. The van der Waals surface area contributed by atoms with E-state index in [9.17, 15) is 4.79 Å². The highest BCUT2D eigenvalue weighted by Gasteiger charge is 2.25. The van der Waals surface area contributed by atoms with E-state index in [0.29, 0.717) is 19.1 Å². The van der Waals surface area contributed by atoms with Crippen LogP contribution in [0.3, 0.4) is 0 Å². The molecule has 1 saturated heterocycles. The van der Waals surface area contributed by atoms with Crippen molar-refractivity contribution in [2.24, 2.45) is 16.6 Å². The number of nitrogens with zero attached hydrogens (tertiary/aromatic N) is 3. The minimum Gasteiger partial charge on any atom is -0.369 e. The first-order chi connectivity index (χ1) is 14.0. The average Bonchev–Trinajstić information content (AvgIpc) is 2.72. The summed E-state index contributed by atoms with van der Waals surface area (Å²) in [5, 5.41) is 6.85. The lowest BCUT2D eigenvalue weighted by molar-refractivity contribution is -0.122. The van der Waals surface area contributed by atoms with Gasteiger partial charge in [0.15, 0.2) is 5.96 Å². The van der Waals surface area contributed by atoms with Crippen LogP contribution in [0.15, 0.2) is 23.3 Å². The zero-order valence-corrected chi connectivity index (χ0v) is 21.0. The van der Waals surface area contributed by atoms with Crippen LogP contribution in [0, 0.1) is 5.92 Å². The molecule has 8 heteroatoms. The van der Waals surface area contributed by atoms with Gasteiger partial charge in [-0.15, -0.1) is 24.0 Å². The average molecular weight is 530 g/mol. The molecule has 2 rings (SSSR count). The quantitative estimate of drug-likeness (QED) is 0.187. The lowest BCUT2D eigenvalue weighted by Crippen LogP contribution is -2.42. The fraction of sp³-hybridized carbons (Fsp3) is 0.682.